The van der Waals surface area contributed by atoms with E-state index in [1.807, 2.05) is 0 Å². The Labute approximate surface area is 302 Å². The van der Waals surface area contributed by atoms with Gasteiger partial charge in [0, 0.05) is 24.7 Å². The molecule has 2 aromatic carbocycles. The van der Waals surface area contributed by atoms with Crippen LogP contribution in [0.15, 0.2) is 24.3 Å². The molecule has 4 atom stereocenters. The van der Waals surface area contributed by atoms with Crippen molar-refractivity contribution in [3.63, 3.8) is 0 Å². The maximum atomic E-state index is 14.7. The van der Waals surface area contributed by atoms with Crippen molar-refractivity contribution in [3.05, 3.63) is 69.8 Å². The number of carbonyl (C=O) groups is 1. The van der Waals surface area contributed by atoms with Crippen LogP contribution in [0.2, 0.25) is 0 Å². The molecule has 51 heavy (non-hydrogen) atoms. The minimum absolute atomic E-state index is 0.0159. The molecule has 4 aliphatic carbocycles. The number of rotatable bonds is 8. The highest BCUT2D eigenvalue weighted by molar-refractivity contribution is 5.82. The van der Waals surface area contributed by atoms with Crippen LogP contribution in [0.1, 0.15) is 164 Å². The van der Waals surface area contributed by atoms with Gasteiger partial charge in [-0.2, -0.15) is 0 Å². The lowest BCUT2D eigenvalue weighted by molar-refractivity contribution is -0.128. The second-order valence-electron chi connectivity index (χ2n) is 16.7. The summed E-state index contributed by atoms with van der Waals surface area (Å²) in [6, 6.07) is 6.71. The van der Waals surface area contributed by atoms with Gasteiger partial charge in [0.1, 0.15) is 5.78 Å². The van der Waals surface area contributed by atoms with Crippen molar-refractivity contribution in [3.8, 4) is 0 Å². The van der Waals surface area contributed by atoms with Gasteiger partial charge in [-0.3, -0.25) is 4.79 Å². The molecule has 0 spiro atoms. The van der Waals surface area contributed by atoms with E-state index < -0.39 is 35.1 Å². The van der Waals surface area contributed by atoms with E-state index in [-0.39, 0.29) is 36.0 Å². The molecule has 2 aromatic rings. The number of hydrogen-bond acceptors (Lipinski definition) is 1. The molecule has 6 rings (SSSR count). The number of ketones is 1. The summed E-state index contributed by atoms with van der Waals surface area (Å²) in [5.41, 5.74) is 1.62. The number of benzene rings is 2. The number of Topliss-reactive ketones (excluding diaryl/α,β-unsaturated/α-hetero) is 1. The predicted octanol–water partition coefficient (Wildman–Crippen LogP) is 13.7. The van der Waals surface area contributed by atoms with Gasteiger partial charge in [-0.1, -0.05) is 63.8 Å². The molecule has 1 nitrogen and oxygen atoms in total. The normalized spacial score (nSPS) is 31.1. The lowest BCUT2D eigenvalue weighted by atomic mass is 9.66. The lowest BCUT2D eigenvalue weighted by Gasteiger charge is -2.42. The molecule has 4 aliphatic rings. The Morgan fingerprint density at radius 1 is 0.588 bits per heavy atom. The topological polar surface area (TPSA) is 17.1 Å². The van der Waals surface area contributed by atoms with Crippen molar-refractivity contribution in [1.29, 1.82) is 0 Å². The molecule has 0 aliphatic heterocycles. The molecule has 4 fully saturated rings. The summed E-state index contributed by atoms with van der Waals surface area (Å²) in [7, 11) is 0. The van der Waals surface area contributed by atoms with Crippen LogP contribution < -0.4 is 0 Å². The van der Waals surface area contributed by atoms with Crippen LogP contribution in [0.5, 0.6) is 0 Å². The fourth-order valence-electron chi connectivity index (χ4n) is 10.4. The molecule has 4 saturated carbocycles. The van der Waals surface area contributed by atoms with Crippen LogP contribution in [-0.4, -0.2) is 11.7 Å². The minimum Gasteiger partial charge on any atom is -0.299 e. The van der Waals surface area contributed by atoms with E-state index in [4.69, 9.17) is 0 Å². The van der Waals surface area contributed by atoms with Crippen LogP contribution in [-0.2, 0) is 4.79 Å². The fraction of sp³-hybridized carbons (Fsp3) is 0.705. The van der Waals surface area contributed by atoms with Gasteiger partial charge in [0.2, 0.25) is 0 Å². The fourth-order valence-corrected chi connectivity index (χ4v) is 10.4. The lowest BCUT2D eigenvalue weighted by Crippen LogP contribution is -2.41. The van der Waals surface area contributed by atoms with Crippen LogP contribution in [0.3, 0.4) is 0 Å². The van der Waals surface area contributed by atoms with Gasteiger partial charge in [0.15, 0.2) is 23.3 Å². The van der Waals surface area contributed by atoms with Crippen LogP contribution in [0, 0.1) is 72.6 Å². The Morgan fingerprint density at radius 2 is 1.06 bits per heavy atom. The first-order valence-corrected chi connectivity index (χ1v) is 20.1. The standard InChI is InChI=1S/C22H30F4.C22H30F2O/c1-3-4-15-6-12-19(22(25,26)13-15)17-9-7-16(8-10-17)18-11-5-14(2)20(23)21(18)24;1-3-4-15-6-12-18(20(25)13-15)16-7-9-17(10-8-16)19-11-5-14(2)21(23)22(19)24/h5,11,15-17,19H,3-4,6-10,12-13H2,1-2H3;5,11,15-18H,3-4,6-10,12-13H2,1-2H3. The summed E-state index contributed by atoms with van der Waals surface area (Å²) in [5.74, 6) is -4.06. The Morgan fingerprint density at radius 3 is 1.53 bits per heavy atom. The third-order valence-electron chi connectivity index (χ3n) is 13.3. The zero-order chi connectivity index (χ0) is 36.9. The van der Waals surface area contributed by atoms with Crippen molar-refractivity contribution in [2.24, 2.45) is 35.5 Å². The quantitative estimate of drug-likeness (QED) is 0.248. The van der Waals surface area contributed by atoms with Gasteiger partial charge in [-0.15, -0.1) is 0 Å². The number of halogens is 6. The highest BCUT2D eigenvalue weighted by atomic mass is 19.3. The Bertz CT molecular complexity index is 1450. The molecule has 0 saturated heterocycles. The SMILES string of the molecule is CCCC1CCC(C2CCC(c3ccc(C)c(F)c3F)CC2)C(=O)C1.CCCC1CCC(C2CCC(c3ccc(C)c(F)c3F)CC2)C(F)(F)C1. The first-order valence-electron chi connectivity index (χ1n) is 20.1. The average molecular weight is 719 g/mol. The predicted molar refractivity (Wildman–Crippen MR) is 193 cm³/mol. The van der Waals surface area contributed by atoms with Gasteiger partial charge in [-0.05, 0) is 149 Å². The maximum absolute atomic E-state index is 14.7. The molecule has 7 heteroatoms. The number of hydrogen-bond donors (Lipinski definition) is 0. The Balaban J connectivity index is 0.000000198. The molecule has 0 bridgehead atoms. The Hall–Kier alpha value is -2.31. The highest BCUT2D eigenvalue weighted by Crippen LogP contribution is 2.51. The summed E-state index contributed by atoms with van der Waals surface area (Å²) >= 11 is 0. The number of aryl methyl sites for hydroxylation is 2. The van der Waals surface area contributed by atoms with E-state index in [1.54, 1.807) is 38.1 Å². The van der Waals surface area contributed by atoms with E-state index in [9.17, 15) is 31.1 Å². The van der Waals surface area contributed by atoms with Crippen molar-refractivity contribution >= 4 is 5.78 Å². The van der Waals surface area contributed by atoms with Crippen molar-refractivity contribution in [2.75, 3.05) is 0 Å². The molecular weight excluding hydrogens is 658 g/mol. The van der Waals surface area contributed by atoms with Gasteiger partial charge in [-0.25, -0.2) is 26.3 Å². The third kappa shape index (κ3) is 9.44. The largest absolute Gasteiger partial charge is 0.299 e. The highest BCUT2D eigenvalue weighted by Gasteiger charge is 2.48. The van der Waals surface area contributed by atoms with E-state index >= 15 is 0 Å². The van der Waals surface area contributed by atoms with Crippen LogP contribution >= 0.6 is 0 Å². The van der Waals surface area contributed by atoms with E-state index in [1.165, 1.54) is 12.8 Å². The zero-order valence-corrected chi connectivity index (χ0v) is 31.3. The second-order valence-corrected chi connectivity index (χ2v) is 16.7. The van der Waals surface area contributed by atoms with Crippen molar-refractivity contribution < 1.29 is 31.1 Å². The van der Waals surface area contributed by atoms with E-state index in [0.717, 1.165) is 64.2 Å². The van der Waals surface area contributed by atoms with Crippen LogP contribution in [0.25, 0.3) is 0 Å². The third-order valence-corrected chi connectivity index (χ3v) is 13.3. The summed E-state index contributed by atoms with van der Waals surface area (Å²) in [6.07, 6.45) is 15.1. The molecule has 284 valence electrons. The van der Waals surface area contributed by atoms with Crippen molar-refractivity contribution in [2.45, 2.75) is 161 Å². The van der Waals surface area contributed by atoms with Crippen molar-refractivity contribution in [1.82, 2.24) is 0 Å². The molecule has 4 unspecified atom stereocenters. The second kappa shape index (κ2) is 17.7. The number of carbonyl (C=O) groups excluding carboxylic acids is 1. The molecule has 0 amide bonds. The van der Waals surface area contributed by atoms with E-state index in [2.05, 4.69) is 13.8 Å². The Kier molecular flexibility index (Phi) is 13.8. The zero-order valence-electron chi connectivity index (χ0n) is 31.3. The summed E-state index contributed by atoms with van der Waals surface area (Å²) in [5, 5.41) is 0. The first-order chi connectivity index (χ1) is 24.3. The summed E-state index contributed by atoms with van der Waals surface area (Å²) < 4.78 is 85.6. The van der Waals surface area contributed by atoms with Gasteiger partial charge in [0.05, 0.1) is 0 Å². The molecule has 0 N–H and O–H groups in total. The molecule has 0 aromatic heterocycles. The minimum atomic E-state index is -2.57. The average Bonchev–Trinajstić information content (AvgIpc) is 3.11. The molecule has 0 radical (unpaired) electrons. The van der Waals surface area contributed by atoms with Gasteiger partial charge in [0.25, 0.3) is 5.92 Å². The monoisotopic (exact) mass is 718 g/mol. The maximum Gasteiger partial charge on any atom is 0.251 e. The summed E-state index contributed by atoms with van der Waals surface area (Å²) in [6.45, 7) is 7.39. The molecule has 0 heterocycles. The van der Waals surface area contributed by atoms with Gasteiger partial charge >= 0.3 is 0 Å². The number of alkyl halides is 2. The van der Waals surface area contributed by atoms with E-state index in [0.29, 0.717) is 72.0 Å². The van der Waals surface area contributed by atoms with Gasteiger partial charge < -0.3 is 0 Å². The summed E-state index contributed by atoms with van der Waals surface area (Å²) in [4.78, 5) is 12.6. The van der Waals surface area contributed by atoms with Crippen LogP contribution in [0.4, 0.5) is 26.3 Å². The molecular formula is C44H60F6O. The smallest absolute Gasteiger partial charge is 0.251 e. The first kappa shape index (κ1) is 39.9.